The average molecular weight is 918 g/mol. The van der Waals surface area contributed by atoms with Crippen molar-refractivity contribution in [2.45, 2.75) is 372 Å². The molecule has 388 valence electrons. The normalized spacial score (nSPS) is 11.5. The summed E-state index contributed by atoms with van der Waals surface area (Å²) in [6.45, 7) is 0. The fourth-order valence-corrected chi connectivity index (χ4v) is 10.2. The number of carboxylic acid groups (broad SMARTS) is 1. The highest BCUT2D eigenvalue weighted by atomic mass is 16.5. The Morgan fingerprint density at radius 2 is 0.323 bits per heavy atom. The van der Waals surface area contributed by atoms with Crippen molar-refractivity contribution in [3.8, 4) is 0 Å². The number of unbranched alkanes of at least 4 members (excludes halogenated alkanes) is 55. The number of carboxylic acids is 1. The molecular weight excluding hydrogens is 797 g/mol. The largest absolute Gasteiger partial charge is 0.481 e. The minimum absolute atomic E-state index is 0.0599. The summed E-state index contributed by atoms with van der Waals surface area (Å²) in [6.07, 6.45) is 80.0. The molecule has 4 heteroatoms. The van der Waals surface area contributed by atoms with Crippen LogP contribution in [0.25, 0.3) is 0 Å². The molecule has 0 aliphatic carbocycles. The second kappa shape index (κ2) is 59.1. The number of carbonyl (C=O) groups excluding carboxylic acids is 1. The van der Waals surface area contributed by atoms with Crippen molar-refractivity contribution in [1.29, 1.82) is 0 Å². The molecule has 0 bridgehead atoms. The van der Waals surface area contributed by atoms with Crippen LogP contribution in [0, 0.1) is 0 Å². The van der Waals surface area contributed by atoms with E-state index in [0.717, 1.165) is 19.3 Å². The first-order valence-electron chi connectivity index (χ1n) is 30.5. The summed E-state index contributed by atoms with van der Waals surface area (Å²) in [6, 6.07) is 0. The van der Waals surface area contributed by atoms with E-state index in [2.05, 4.69) is 0 Å². The number of esters is 1. The van der Waals surface area contributed by atoms with Gasteiger partial charge in [0, 0.05) is 12.8 Å². The van der Waals surface area contributed by atoms with Crippen molar-refractivity contribution in [3.63, 3.8) is 0 Å². The Balaban J connectivity index is 3.08. The number of hydrogen-bond donors (Lipinski definition) is 1. The quantitative estimate of drug-likeness (QED) is 0.0488. The maximum Gasteiger partial charge on any atom is 0.305 e. The van der Waals surface area contributed by atoms with Gasteiger partial charge in [0.15, 0.2) is 0 Å². The lowest BCUT2D eigenvalue weighted by molar-refractivity contribution is -0.141. The van der Waals surface area contributed by atoms with Crippen molar-refractivity contribution in [2.75, 3.05) is 7.11 Å². The minimum Gasteiger partial charge on any atom is -0.481 e. The van der Waals surface area contributed by atoms with Crippen LogP contribution in [0.2, 0.25) is 0 Å². The van der Waals surface area contributed by atoms with Gasteiger partial charge in [-0.1, -0.05) is 347 Å². The Bertz CT molecular complexity index is 887. The lowest BCUT2D eigenvalue weighted by Crippen LogP contribution is -1.99. The zero-order valence-electron chi connectivity index (χ0n) is 44.7. The first-order chi connectivity index (χ1) is 32.2. The predicted octanol–water partition coefficient (Wildman–Crippen LogP) is 21.9. The van der Waals surface area contributed by atoms with Gasteiger partial charge < -0.3 is 9.84 Å². The molecule has 65 heavy (non-hydrogen) atoms. The summed E-state index contributed by atoms with van der Waals surface area (Å²) >= 11 is 0. The van der Waals surface area contributed by atoms with Gasteiger partial charge in [0.05, 0.1) is 7.11 Å². The second-order valence-electron chi connectivity index (χ2n) is 21.3. The maximum atomic E-state index is 11.1. The van der Waals surface area contributed by atoms with Gasteiger partial charge >= 0.3 is 11.9 Å². The molecule has 4 nitrogen and oxygen atoms in total. The summed E-state index contributed by atoms with van der Waals surface area (Å²) in [5, 5.41) is 8.68. The number of carbonyl (C=O) groups is 2. The SMILES string of the molecule is COC(=O)CCCCCCCCCCCCCCCCCCCCCCCCCCCCCCCCCCCCCCCCCCCCCCCCCCCCCCCCCCC(=O)O. The van der Waals surface area contributed by atoms with Gasteiger partial charge in [0.2, 0.25) is 0 Å². The molecule has 0 unspecified atom stereocenters. The monoisotopic (exact) mass is 917 g/mol. The van der Waals surface area contributed by atoms with Gasteiger partial charge in [-0.15, -0.1) is 0 Å². The van der Waals surface area contributed by atoms with Crippen molar-refractivity contribution < 1.29 is 19.4 Å². The number of hydrogen-bond acceptors (Lipinski definition) is 3. The fourth-order valence-electron chi connectivity index (χ4n) is 10.2. The number of aliphatic carboxylic acids is 1. The summed E-state index contributed by atoms with van der Waals surface area (Å²) in [5.74, 6) is -0.707. The zero-order chi connectivity index (χ0) is 46.9. The summed E-state index contributed by atoms with van der Waals surface area (Å²) in [7, 11) is 1.48. The molecule has 0 aliphatic rings. The highest BCUT2D eigenvalue weighted by molar-refractivity contribution is 5.69. The van der Waals surface area contributed by atoms with Crippen LogP contribution in [0.4, 0.5) is 0 Å². The molecule has 1 N–H and O–H groups in total. The third-order valence-corrected chi connectivity index (χ3v) is 14.7. The molecule has 0 aromatic rings. The molecular formula is C61H120O4. The Hall–Kier alpha value is -1.06. The molecule has 0 atom stereocenters. The molecule has 0 radical (unpaired) electrons. The van der Waals surface area contributed by atoms with Crippen LogP contribution >= 0.6 is 0 Å². The third-order valence-electron chi connectivity index (χ3n) is 14.7. The smallest absolute Gasteiger partial charge is 0.305 e. The molecule has 0 aromatic carbocycles. The fraction of sp³-hybridized carbons (Fsp3) is 0.967. The zero-order valence-corrected chi connectivity index (χ0v) is 44.7. The van der Waals surface area contributed by atoms with Crippen molar-refractivity contribution in [2.24, 2.45) is 0 Å². The number of rotatable bonds is 59. The molecule has 0 amide bonds. The molecule has 0 aromatic heterocycles. The summed E-state index contributed by atoms with van der Waals surface area (Å²) < 4.78 is 4.70. The lowest BCUT2D eigenvalue weighted by atomic mass is 10.0. The van der Waals surface area contributed by atoms with E-state index >= 15 is 0 Å². The van der Waals surface area contributed by atoms with Gasteiger partial charge in [0.25, 0.3) is 0 Å². The van der Waals surface area contributed by atoms with Gasteiger partial charge in [-0.3, -0.25) is 9.59 Å². The van der Waals surface area contributed by atoms with Gasteiger partial charge in [-0.25, -0.2) is 0 Å². The number of ether oxygens (including phenoxy) is 1. The lowest BCUT2D eigenvalue weighted by Gasteiger charge is -2.05. The van der Waals surface area contributed by atoms with E-state index in [0.29, 0.717) is 12.8 Å². The van der Waals surface area contributed by atoms with Gasteiger partial charge in [0.1, 0.15) is 0 Å². The molecule has 0 spiro atoms. The van der Waals surface area contributed by atoms with E-state index in [-0.39, 0.29) is 5.97 Å². The van der Waals surface area contributed by atoms with Crippen molar-refractivity contribution in [1.82, 2.24) is 0 Å². The summed E-state index contributed by atoms with van der Waals surface area (Å²) in [5.41, 5.74) is 0. The minimum atomic E-state index is -0.647. The molecule has 0 saturated carbocycles. The van der Waals surface area contributed by atoms with Crippen LogP contribution in [0.15, 0.2) is 0 Å². The summed E-state index contributed by atoms with van der Waals surface area (Å²) in [4.78, 5) is 21.6. The van der Waals surface area contributed by atoms with Crippen LogP contribution in [0.3, 0.4) is 0 Å². The Kier molecular flexibility index (Phi) is 58.1. The first kappa shape index (κ1) is 63.9. The Morgan fingerprint density at radius 1 is 0.215 bits per heavy atom. The van der Waals surface area contributed by atoms with Crippen LogP contribution in [0.1, 0.15) is 372 Å². The molecule has 0 saturated heterocycles. The van der Waals surface area contributed by atoms with Crippen LogP contribution < -0.4 is 0 Å². The van der Waals surface area contributed by atoms with Gasteiger partial charge in [-0.2, -0.15) is 0 Å². The van der Waals surface area contributed by atoms with Crippen LogP contribution in [-0.2, 0) is 14.3 Å². The topological polar surface area (TPSA) is 63.6 Å². The first-order valence-corrected chi connectivity index (χ1v) is 30.5. The second-order valence-corrected chi connectivity index (χ2v) is 21.3. The average Bonchev–Trinajstić information content (AvgIpc) is 3.31. The third kappa shape index (κ3) is 60.9. The standard InChI is InChI=1S/C61H120O4/c1-65-61(64)59-57-55-53-51-49-47-45-43-41-39-37-35-33-31-29-27-25-23-21-19-17-15-13-11-9-7-5-3-2-4-6-8-10-12-14-16-18-20-22-24-26-28-30-32-34-36-38-40-42-44-46-48-50-52-54-56-58-60(62)63/h2-59H2,1H3,(H,62,63). The highest BCUT2D eigenvalue weighted by Crippen LogP contribution is 2.20. The highest BCUT2D eigenvalue weighted by Gasteiger charge is 2.02. The molecule has 0 rings (SSSR count). The molecule has 0 fully saturated rings. The van der Waals surface area contributed by atoms with E-state index in [1.54, 1.807) is 0 Å². The van der Waals surface area contributed by atoms with E-state index in [1.165, 1.54) is 347 Å². The van der Waals surface area contributed by atoms with E-state index in [4.69, 9.17) is 9.84 Å². The van der Waals surface area contributed by atoms with Crippen molar-refractivity contribution in [3.05, 3.63) is 0 Å². The number of methoxy groups -OCH3 is 1. The Labute approximate surface area is 409 Å². The van der Waals surface area contributed by atoms with E-state index < -0.39 is 5.97 Å². The Morgan fingerprint density at radius 3 is 0.431 bits per heavy atom. The van der Waals surface area contributed by atoms with Gasteiger partial charge in [-0.05, 0) is 12.8 Å². The maximum absolute atomic E-state index is 11.1. The van der Waals surface area contributed by atoms with Crippen LogP contribution in [0.5, 0.6) is 0 Å². The van der Waals surface area contributed by atoms with E-state index in [1.807, 2.05) is 0 Å². The van der Waals surface area contributed by atoms with Crippen molar-refractivity contribution >= 4 is 11.9 Å². The predicted molar refractivity (Wildman–Crippen MR) is 287 cm³/mol. The molecule has 0 heterocycles. The van der Waals surface area contributed by atoms with E-state index in [9.17, 15) is 9.59 Å². The van der Waals surface area contributed by atoms with Crippen LogP contribution in [-0.4, -0.2) is 24.2 Å². The molecule has 0 aliphatic heterocycles.